The SMILES string of the molecule is Cc1ccc(C(=O)N(CC(=O)N2CCc3sccc3[C@@H]2COc2ccc(C)cc2C)C[C@@H]2CCCO2)cc1. The number of rotatable bonds is 8. The first-order valence-electron chi connectivity index (χ1n) is 13.4. The third-order valence-electron chi connectivity index (χ3n) is 7.50. The normalized spacial score (nSPS) is 18.8. The number of nitrogens with zero attached hydrogens (tertiary/aromatic N) is 2. The maximum atomic E-state index is 13.9. The van der Waals surface area contributed by atoms with Gasteiger partial charge in [-0.2, -0.15) is 0 Å². The molecule has 0 spiro atoms. The van der Waals surface area contributed by atoms with Crippen molar-refractivity contribution in [3.05, 3.63) is 86.6 Å². The molecule has 6 nitrogen and oxygen atoms in total. The lowest BCUT2D eigenvalue weighted by molar-refractivity contribution is -0.135. The highest BCUT2D eigenvalue weighted by atomic mass is 32.1. The second-order valence-corrected chi connectivity index (χ2v) is 11.4. The molecule has 2 atom stereocenters. The lowest BCUT2D eigenvalue weighted by atomic mass is 10.00. The highest BCUT2D eigenvalue weighted by Crippen LogP contribution is 2.34. The largest absolute Gasteiger partial charge is 0.491 e. The molecule has 0 bridgehead atoms. The Morgan fingerprint density at radius 3 is 2.61 bits per heavy atom. The third kappa shape index (κ3) is 5.94. The van der Waals surface area contributed by atoms with Gasteiger partial charge < -0.3 is 19.3 Å². The minimum absolute atomic E-state index is 0.0199. The van der Waals surface area contributed by atoms with Crippen LogP contribution in [0.2, 0.25) is 0 Å². The van der Waals surface area contributed by atoms with E-state index in [0.717, 1.165) is 41.7 Å². The van der Waals surface area contributed by atoms with Crippen LogP contribution in [0.15, 0.2) is 53.9 Å². The smallest absolute Gasteiger partial charge is 0.254 e. The zero-order valence-corrected chi connectivity index (χ0v) is 23.3. The molecular formula is C31H36N2O4S. The minimum atomic E-state index is -0.197. The average Bonchev–Trinajstić information content (AvgIpc) is 3.60. The van der Waals surface area contributed by atoms with E-state index in [1.807, 2.05) is 55.1 Å². The summed E-state index contributed by atoms with van der Waals surface area (Å²) in [4.78, 5) is 32.3. The molecule has 3 aromatic rings. The van der Waals surface area contributed by atoms with Crippen molar-refractivity contribution >= 4 is 23.2 Å². The monoisotopic (exact) mass is 532 g/mol. The van der Waals surface area contributed by atoms with Gasteiger partial charge in [0.2, 0.25) is 5.91 Å². The number of carbonyl (C=O) groups excluding carboxylic acids is 2. The summed E-state index contributed by atoms with van der Waals surface area (Å²) in [7, 11) is 0. The van der Waals surface area contributed by atoms with Gasteiger partial charge in [-0.15, -0.1) is 11.3 Å². The third-order valence-corrected chi connectivity index (χ3v) is 8.50. The fourth-order valence-electron chi connectivity index (χ4n) is 5.39. The number of fused-ring (bicyclic) bond motifs is 1. The van der Waals surface area contributed by atoms with Gasteiger partial charge in [0, 0.05) is 30.1 Å². The summed E-state index contributed by atoms with van der Waals surface area (Å²) in [5, 5.41) is 2.09. The molecule has 0 saturated carbocycles. The summed E-state index contributed by atoms with van der Waals surface area (Å²) in [6.07, 6.45) is 2.66. The molecule has 1 fully saturated rings. The van der Waals surface area contributed by atoms with Gasteiger partial charge in [-0.3, -0.25) is 9.59 Å². The van der Waals surface area contributed by atoms with Crippen molar-refractivity contribution in [3.8, 4) is 5.75 Å². The van der Waals surface area contributed by atoms with E-state index in [4.69, 9.17) is 9.47 Å². The van der Waals surface area contributed by atoms with Gasteiger partial charge in [0.25, 0.3) is 5.91 Å². The predicted molar refractivity (Wildman–Crippen MR) is 150 cm³/mol. The Bertz CT molecular complexity index is 1280. The molecule has 2 aliphatic heterocycles. The van der Waals surface area contributed by atoms with Crippen LogP contribution in [0.25, 0.3) is 0 Å². The first-order chi connectivity index (χ1) is 18.4. The molecule has 0 N–H and O–H groups in total. The molecule has 2 amide bonds. The zero-order valence-electron chi connectivity index (χ0n) is 22.4. The number of aryl methyl sites for hydroxylation is 3. The molecule has 1 saturated heterocycles. The first kappa shape index (κ1) is 26.4. The van der Waals surface area contributed by atoms with Gasteiger partial charge in [0.15, 0.2) is 0 Å². The standard InChI is InChI=1S/C31H36N2O4S/c1-21-6-9-24(10-7-21)31(35)32(18-25-5-4-15-36-25)19-30(34)33-14-12-29-26(13-16-38-29)27(33)20-37-28-11-8-22(2)17-23(28)3/h6-11,13,16-17,25,27H,4-5,12,14-15,18-20H2,1-3H3/t25-,27-/m0/s1. The van der Waals surface area contributed by atoms with Crippen LogP contribution in [0.4, 0.5) is 0 Å². The Balaban J connectivity index is 1.36. The maximum absolute atomic E-state index is 13.9. The molecule has 0 radical (unpaired) electrons. The summed E-state index contributed by atoms with van der Waals surface area (Å²) in [5.41, 5.74) is 5.10. The van der Waals surface area contributed by atoms with E-state index >= 15 is 0 Å². The number of hydrogen-bond acceptors (Lipinski definition) is 5. The van der Waals surface area contributed by atoms with E-state index in [1.165, 1.54) is 10.4 Å². The van der Waals surface area contributed by atoms with E-state index in [9.17, 15) is 9.59 Å². The summed E-state index contributed by atoms with van der Waals surface area (Å²) in [6.45, 7) is 8.23. The quantitative estimate of drug-likeness (QED) is 0.385. The van der Waals surface area contributed by atoms with Gasteiger partial charge in [0.05, 0.1) is 12.1 Å². The van der Waals surface area contributed by atoms with Crippen LogP contribution in [0.5, 0.6) is 5.75 Å². The van der Waals surface area contributed by atoms with Crippen LogP contribution < -0.4 is 4.74 Å². The summed E-state index contributed by atoms with van der Waals surface area (Å²) < 4.78 is 12.1. The fraction of sp³-hybridized carbons (Fsp3) is 0.419. The molecule has 0 aliphatic carbocycles. The number of amides is 2. The Labute approximate surface area is 229 Å². The van der Waals surface area contributed by atoms with Crippen molar-refractivity contribution < 1.29 is 19.1 Å². The molecule has 0 unspecified atom stereocenters. The number of carbonyl (C=O) groups is 2. The molecule has 2 aliphatic rings. The van der Waals surface area contributed by atoms with Gasteiger partial charge in [-0.1, -0.05) is 35.4 Å². The number of benzene rings is 2. The van der Waals surface area contributed by atoms with Crippen molar-refractivity contribution in [2.24, 2.45) is 0 Å². The predicted octanol–water partition coefficient (Wildman–Crippen LogP) is 5.50. The molecule has 3 heterocycles. The van der Waals surface area contributed by atoms with Crippen LogP contribution in [0.3, 0.4) is 0 Å². The minimum Gasteiger partial charge on any atom is -0.491 e. The van der Waals surface area contributed by atoms with Crippen LogP contribution >= 0.6 is 11.3 Å². The Morgan fingerprint density at radius 1 is 1.08 bits per heavy atom. The van der Waals surface area contributed by atoms with Crippen LogP contribution in [-0.2, 0) is 16.0 Å². The van der Waals surface area contributed by atoms with Crippen LogP contribution in [0, 0.1) is 20.8 Å². The van der Waals surface area contributed by atoms with Gasteiger partial charge in [0.1, 0.15) is 18.9 Å². The Morgan fingerprint density at radius 2 is 1.87 bits per heavy atom. The zero-order chi connectivity index (χ0) is 26.6. The second-order valence-electron chi connectivity index (χ2n) is 10.4. The van der Waals surface area contributed by atoms with Crippen molar-refractivity contribution in [2.45, 2.75) is 52.2 Å². The van der Waals surface area contributed by atoms with Gasteiger partial charge >= 0.3 is 0 Å². The molecule has 7 heteroatoms. The molecule has 2 aromatic carbocycles. The maximum Gasteiger partial charge on any atom is 0.254 e. The van der Waals surface area contributed by atoms with Crippen molar-refractivity contribution in [1.82, 2.24) is 9.80 Å². The lowest BCUT2D eigenvalue weighted by Crippen LogP contribution is -2.49. The average molecular weight is 533 g/mol. The lowest BCUT2D eigenvalue weighted by Gasteiger charge is -2.37. The topological polar surface area (TPSA) is 59.1 Å². The number of hydrogen-bond donors (Lipinski definition) is 0. The molecule has 1 aromatic heterocycles. The first-order valence-corrected chi connectivity index (χ1v) is 14.3. The Hall–Kier alpha value is -3.16. The van der Waals surface area contributed by atoms with Gasteiger partial charge in [-0.05, 0) is 80.8 Å². The summed E-state index contributed by atoms with van der Waals surface area (Å²) in [5.74, 6) is 0.639. The highest BCUT2D eigenvalue weighted by Gasteiger charge is 2.34. The van der Waals surface area contributed by atoms with Crippen molar-refractivity contribution in [2.75, 3.05) is 32.8 Å². The van der Waals surface area contributed by atoms with Crippen LogP contribution in [-0.4, -0.2) is 60.6 Å². The van der Waals surface area contributed by atoms with Crippen molar-refractivity contribution in [1.29, 1.82) is 0 Å². The van der Waals surface area contributed by atoms with E-state index in [-0.39, 0.29) is 30.5 Å². The van der Waals surface area contributed by atoms with E-state index in [1.54, 1.807) is 16.2 Å². The second kappa shape index (κ2) is 11.7. The number of ether oxygens (including phenoxy) is 2. The fourth-order valence-corrected chi connectivity index (χ4v) is 6.32. The summed E-state index contributed by atoms with van der Waals surface area (Å²) >= 11 is 1.73. The van der Waals surface area contributed by atoms with E-state index in [2.05, 4.69) is 24.4 Å². The summed E-state index contributed by atoms with van der Waals surface area (Å²) in [6, 6.07) is 15.6. The van der Waals surface area contributed by atoms with Gasteiger partial charge in [-0.25, -0.2) is 0 Å². The van der Waals surface area contributed by atoms with E-state index in [0.29, 0.717) is 31.9 Å². The molecule has 38 heavy (non-hydrogen) atoms. The highest BCUT2D eigenvalue weighted by molar-refractivity contribution is 7.10. The van der Waals surface area contributed by atoms with Crippen molar-refractivity contribution in [3.63, 3.8) is 0 Å². The molecule has 200 valence electrons. The van der Waals surface area contributed by atoms with E-state index < -0.39 is 0 Å². The van der Waals surface area contributed by atoms with Crippen LogP contribution in [0.1, 0.15) is 56.4 Å². The molecule has 5 rings (SSSR count). The Kier molecular flexibility index (Phi) is 8.15. The number of thiophene rings is 1. The molecular weight excluding hydrogens is 496 g/mol.